The van der Waals surface area contributed by atoms with Gasteiger partial charge in [-0.3, -0.25) is 5.43 Å². The van der Waals surface area contributed by atoms with Crippen molar-refractivity contribution in [1.29, 1.82) is 5.26 Å². The molecule has 3 aromatic rings. The van der Waals surface area contributed by atoms with Crippen molar-refractivity contribution in [2.24, 2.45) is 5.10 Å². The zero-order valence-electron chi connectivity index (χ0n) is 19.1. The van der Waals surface area contributed by atoms with Crippen molar-refractivity contribution < 1.29 is 14.2 Å². The Hall–Kier alpha value is -2.68. The van der Waals surface area contributed by atoms with Crippen LogP contribution in [0.3, 0.4) is 0 Å². The van der Waals surface area contributed by atoms with E-state index in [1.165, 1.54) is 3.57 Å². The monoisotopic (exact) mass is 634 g/mol. The van der Waals surface area contributed by atoms with Gasteiger partial charge in [-0.25, -0.2) is 4.98 Å². The van der Waals surface area contributed by atoms with Crippen LogP contribution < -0.4 is 14.9 Å². The van der Waals surface area contributed by atoms with Gasteiger partial charge < -0.3 is 14.2 Å². The minimum Gasteiger partial charge on any atom is -0.490 e. The summed E-state index contributed by atoms with van der Waals surface area (Å²) in [5, 5.41) is 13.9. The Morgan fingerprint density at radius 2 is 1.94 bits per heavy atom. The second-order valence-corrected chi connectivity index (χ2v) is 9.34. The van der Waals surface area contributed by atoms with Gasteiger partial charge in [-0.05, 0) is 93.8 Å². The highest BCUT2D eigenvalue weighted by Crippen LogP contribution is 2.37. The van der Waals surface area contributed by atoms with E-state index in [0.717, 1.165) is 26.9 Å². The van der Waals surface area contributed by atoms with Crippen LogP contribution >= 0.6 is 38.5 Å². The molecule has 0 amide bonds. The maximum absolute atomic E-state index is 9.57. The maximum atomic E-state index is 9.57. The van der Waals surface area contributed by atoms with Crippen LogP contribution in [0.4, 0.5) is 5.82 Å². The lowest BCUT2D eigenvalue weighted by Gasteiger charge is -2.15. The summed E-state index contributed by atoms with van der Waals surface area (Å²) in [6.07, 6.45) is 1.64. The van der Waals surface area contributed by atoms with Gasteiger partial charge in [0.1, 0.15) is 18.2 Å². The molecule has 1 N–H and O–H groups in total. The molecule has 0 bridgehead atoms. The third-order valence-corrected chi connectivity index (χ3v) is 5.96. The van der Waals surface area contributed by atoms with Gasteiger partial charge in [-0.15, -0.1) is 0 Å². The Kier molecular flexibility index (Phi) is 9.68. The van der Waals surface area contributed by atoms with Crippen LogP contribution in [0.1, 0.15) is 34.9 Å². The number of anilines is 1. The van der Waals surface area contributed by atoms with E-state index in [1.807, 2.05) is 56.3 Å². The lowest BCUT2D eigenvalue weighted by atomic mass is 10.1. The molecule has 0 atom stereocenters. The number of nitriles is 1. The number of rotatable bonds is 10. The number of hydrogen-bond donors (Lipinski definition) is 1. The molecule has 0 spiro atoms. The second-order valence-electron chi connectivity index (χ2n) is 7.24. The van der Waals surface area contributed by atoms with Gasteiger partial charge >= 0.3 is 0 Å². The number of hydrazone groups is 1. The number of methoxy groups -OCH3 is 1. The molecule has 0 aliphatic carbocycles. The van der Waals surface area contributed by atoms with Crippen LogP contribution in [0.25, 0.3) is 0 Å². The van der Waals surface area contributed by atoms with Crippen LogP contribution in [0.5, 0.6) is 11.5 Å². The molecule has 1 heterocycles. The number of ether oxygens (including phenoxy) is 3. The summed E-state index contributed by atoms with van der Waals surface area (Å²) in [5.41, 5.74) is 6.65. The highest BCUT2D eigenvalue weighted by molar-refractivity contribution is 14.1. The molecule has 7 nitrogen and oxygen atoms in total. The SMILES string of the molecule is CCOc1cc(/C=N\Nc2nc(C)cc(COC)c2C#N)cc(Br)c1OCc1ccc(I)cc1. The summed E-state index contributed by atoms with van der Waals surface area (Å²) < 4.78 is 19.0. The number of nitrogens with one attached hydrogen (secondary N) is 1. The summed E-state index contributed by atoms with van der Waals surface area (Å²) >= 11 is 5.87. The molecule has 0 unspecified atom stereocenters. The minimum atomic E-state index is 0.318. The first kappa shape index (κ1) is 25.9. The first-order valence-corrected chi connectivity index (χ1v) is 12.3. The highest BCUT2D eigenvalue weighted by atomic mass is 127. The van der Waals surface area contributed by atoms with Gasteiger partial charge in [0.15, 0.2) is 17.3 Å². The minimum absolute atomic E-state index is 0.318. The summed E-state index contributed by atoms with van der Waals surface area (Å²) in [4.78, 5) is 4.40. The summed E-state index contributed by atoms with van der Waals surface area (Å²) in [6.45, 7) is 5.01. The number of benzene rings is 2. The number of nitrogens with zero attached hydrogens (tertiary/aromatic N) is 3. The van der Waals surface area contributed by atoms with Crippen molar-refractivity contribution in [2.45, 2.75) is 27.1 Å². The van der Waals surface area contributed by atoms with Crippen LogP contribution in [0, 0.1) is 21.8 Å². The molecule has 2 aromatic carbocycles. The fourth-order valence-corrected chi connectivity index (χ4v) is 4.12. The molecule has 176 valence electrons. The van der Waals surface area contributed by atoms with E-state index in [2.05, 4.69) is 60.1 Å². The largest absolute Gasteiger partial charge is 0.490 e. The zero-order valence-corrected chi connectivity index (χ0v) is 22.8. The molecular weight excluding hydrogens is 611 g/mol. The number of pyridine rings is 1. The van der Waals surface area contributed by atoms with Crippen molar-refractivity contribution in [1.82, 2.24) is 4.98 Å². The fraction of sp³-hybridized carbons (Fsp3) is 0.240. The zero-order chi connectivity index (χ0) is 24.5. The number of aromatic nitrogens is 1. The van der Waals surface area contributed by atoms with Crippen molar-refractivity contribution in [2.75, 3.05) is 19.1 Å². The Morgan fingerprint density at radius 3 is 2.62 bits per heavy atom. The Bertz CT molecular complexity index is 1210. The van der Waals surface area contributed by atoms with Crippen molar-refractivity contribution in [3.8, 4) is 17.6 Å². The van der Waals surface area contributed by atoms with Crippen LogP contribution in [0.15, 0.2) is 52.0 Å². The van der Waals surface area contributed by atoms with Gasteiger partial charge in [-0.1, -0.05) is 12.1 Å². The topological polar surface area (TPSA) is 88.8 Å². The molecule has 0 saturated heterocycles. The summed E-state index contributed by atoms with van der Waals surface area (Å²) in [6, 6.07) is 15.9. The van der Waals surface area contributed by atoms with E-state index in [4.69, 9.17) is 14.2 Å². The molecule has 34 heavy (non-hydrogen) atoms. The van der Waals surface area contributed by atoms with Gasteiger partial charge in [0, 0.05) is 21.9 Å². The van der Waals surface area contributed by atoms with E-state index in [-0.39, 0.29) is 0 Å². The molecule has 0 aliphatic rings. The van der Waals surface area contributed by atoms with Gasteiger partial charge in [0.05, 0.1) is 23.9 Å². The molecule has 3 rings (SSSR count). The Labute approximate surface area is 221 Å². The molecular formula is C25H24BrIN4O3. The van der Waals surface area contributed by atoms with E-state index in [0.29, 0.717) is 42.7 Å². The average molecular weight is 635 g/mol. The third kappa shape index (κ3) is 6.91. The van der Waals surface area contributed by atoms with Gasteiger partial charge in [0.2, 0.25) is 0 Å². The quantitative estimate of drug-likeness (QED) is 0.162. The molecule has 9 heteroatoms. The lowest BCUT2D eigenvalue weighted by molar-refractivity contribution is 0.184. The fourth-order valence-electron chi connectivity index (χ4n) is 3.19. The standard InChI is InChI=1S/C25H24BrIN4O3/c1-4-33-23-11-18(10-22(26)24(23)34-14-17-5-7-20(27)8-6-17)13-29-31-25-21(12-28)19(15-32-3)9-16(2)30-25/h5-11,13H,4,14-15H2,1-3H3,(H,30,31)/b29-13-. The highest BCUT2D eigenvalue weighted by Gasteiger charge is 2.13. The van der Waals surface area contributed by atoms with Crippen LogP contribution in [-0.2, 0) is 18.0 Å². The molecule has 1 aromatic heterocycles. The maximum Gasteiger partial charge on any atom is 0.175 e. The Balaban J connectivity index is 1.80. The number of aryl methyl sites for hydroxylation is 1. The van der Waals surface area contributed by atoms with Crippen LogP contribution in [0.2, 0.25) is 0 Å². The number of hydrogen-bond acceptors (Lipinski definition) is 7. The smallest absolute Gasteiger partial charge is 0.175 e. The van der Waals surface area contributed by atoms with E-state index in [9.17, 15) is 5.26 Å². The first-order chi connectivity index (χ1) is 16.4. The predicted molar refractivity (Wildman–Crippen MR) is 144 cm³/mol. The summed E-state index contributed by atoms with van der Waals surface area (Å²) in [7, 11) is 1.59. The second kappa shape index (κ2) is 12.7. The number of halogens is 2. The molecule has 0 aliphatic heterocycles. The van der Waals surface area contributed by atoms with Crippen molar-refractivity contribution in [3.63, 3.8) is 0 Å². The predicted octanol–water partition coefficient (Wildman–Crippen LogP) is 6.20. The first-order valence-electron chi connectivity index (χ1n) is 10.5. The third-order valence-electron chi connectivity index (χ3n) is 4.65. The van der Waals surface area contributed by atoms with Crippen LogP contribution in [-0.4, -0.2) is 24.9 Å². The van der Waals surface area contributed by atoms with E-state index in [1.54, 1.807) is 13.3 Å². The molecule has 0 fully saturated rings. The van der Waals surface area contributed by atoms with Crippen molar-refractivity contribution in [3.05, 3.63) is 78.5 Å². The molecule has 0 saturated carbocycles. The lowest BCUT2D eigenvalue weighted by Crippen LogP contribution is -2.04. The van der Waals surface area contributed by atoms with E-state index < -0.39 is 0 Å². The van der Waals surface area contributed by atoms with Gasteiger partial charge in [-0.2, -0.15) is 10.4 Å². The Morgan fingerprint density at radius 1 is 1.18 bits per heavy atom. The molecule has 0 radical (unpaired) electrons. The summed E-state index contributed by atoms with van der Waals surface area (Å²) in [5.74, 6) is 1.62. The normalized spacial score (nSPS) is 10.8. The van der Waals surface area contributed by atoms with E-state index >= 15 is 0 Å². The average Bonchev–Trinajstić information content (AvgIpc) is 2.80. The van der Waals surface area contributed by atoms with Gasteiger partial charge in [0.25, 0.3) is 0 Å². The van der Waals surface area contributed by atoms with Crippen molar-refractivity contribution >= 4 is 50.6 Å².